The predicted molar refractivity (Wildman–Crippen MR) is 83.6 cm³/mol. The third-order valence-electron chi connectivity index (χ3n) is 2.96. The first-order valence-electron chi connectivity index (χ1n) is 7.14. The third kappa shape index (κ3) is 4.72. The van der Waals surface area contributed by atoms with Gasteiger partial charge in [0, 0.05) is 32.2 Å². The highest BCUT2D eigenvalue weighted by atomic mass is 16.5. The fourth-order valence-corrected chi connectivity index (χ4v) is 1.82. The minimum absolute atomic E-state index is 0.663. The van der Waals surface area contributed by atoms with Crippen molar-refractivity contribution >= 4 is 5.82 Å². The minimum atomic E-state index is 0.663. The Bertz CT molecular complexity index is 526. The smallest absolute Gasteiger partial charge is 0.144 e. The maximum Gasteiger partial charge on any atom is 0.144 e. The lowest BCUT2D eigenvalue weighted by Crippen LogP contribution is -2.02. The molecule has 0 atom stereocenters. The first kappa shape index (κ1) is 15.3. The molecule has 112 valence electrons. The maximum absolute atomic E-state index is 5.65. The zero-order valence-corrected chi connectivity index (χ0v) is 12.5. The van der Waals surface area contributed by atoms with Crippen LogP contribution < -0.4 is 10.1 Å². The van der Waals surface area contributed by atoms with Gasteiger partial charge in [0.1, 0.15) is 11.6 Å². The van der Waals surface area contributed by atoms with Gasteiger partial charge in [0.15, 0.2) is 0 Å². The van der Waals surface area contributed by atoms with Crippen molar-refractivity contribution in [3.8, 4) is 17.0 Å². The molecule has 1 N–H and O–H groups in total. The number of aromatic nitrogens is 2. The van der Waals surface area contributed by atoms with E-state index in [0.717, 1.165) is 42.5 Å². The summed E-state index contributed by atoms with van der Waals surface area (Å²) < 4.78 is 10.9. The molecule has 0 unspecified atom stereocenters. The number of hydrogen-bond donors (Lipinski definition) is 1. The number of nitrogens with zero attached hydrogens (tertiary/aromatic N) is 2. The first-order chi connectivity index (χ1) is 10.3. The summed E-state index contributed by atoms with van der Waals surface area (Å²) in [5.41, 5.74) is 1.86. The van der Waals surface area contributed by atoms with Crippen molar-refractivity contribution in [2.75, 3.05) is 32.2 Å². The molecule has 0 spiro atoms. The Morgan fingerprint density at radius 1 is 1.05 bits per heavy atom. The molecule has 2 aromatic rings. The van der Waals surface area contributed by atoms with Crippen molar-refractivity contribution in [1.29, 1.82) is 0 Å². The van der Waals surface area contributed by atoms with Gasteiger partial charge in [-0.25, -0.2) is 4.98 Å². The normalized spacial score (nSPS) is 10.4. The van der Waals surface area contributed by atoms with E-state index >= 15 is 0 Å². The minimum Gasteiger partial charge on any atom is -0.494 e. The van der Waals surface area contributed by atoms with Gasteiger partial charge in [0.25, 0.3) is 0 Å². The second-order valence-corrected chi connectivity index (χ2v) is 4.46. The number of benzene rings is 1. The summed E-state index contributed by atoms with van der Waals surface area (Å²) in [4.78, 5) is 8.62. The van der Waals surface area contributed by atoms with E-state index in [9.17, 15) is 0 Å². The average molecular weight is 287 g/mol. The van der Waals surface area contributed by atoms with Gasteiger partial charge in [-0.3, -0.25) is 4.98 Å². The van der Waals surface area contributed by atoms with Crippen LogP contribution >= 0.6 is 0 Å². The molecular formula is C16H21N3O2. The zero-order chi connectivity index (χ0) is 14.9. The molecule has 1 aromatic carbocycles. The van der Waals surface area contributed by atoms with E-state index in [4.69, 9.17) is 9.47 Å². The molecule has 0 aliphatic heterocycles. The van der Waals surface area contributed by atoms with Crippen molar-refractivity contribution in [2.45, 2.75) is 13.3 Å². The first-order valence-corrected chi connectivity index (χ1v) is 7.14. The molecule has 21 heavy (non-hydrogen) atoms. The van der Waals surface area contributed by atoms with E-state index in [-0.39, 0.29) is 0 Å². The van der Waals surface area contributed by atoms with Crippen molar-refractivity contribution < 1.29 is 9.47 Å². The van der Waals surface area contributed by atoms with Gasteiger partial charge < -0.3 is 14.8 Å². The summed E-state index contributed by atoms with van der Waals surface area (Å²) in [6.07, 6.45) is 4.36. The quantitative estimate of drug-likeness (QED) is 0.756. The van der Waals surface area contributed by atoms with E-state index < -0.39 is 0 Å². The fraction of sp³-hybridized carbons (Fsp3) is 0.375. The zero-order valence-electron chi connectivity index (χ0n) is 12.5. The van der Waals surface area contributed by atoms with Gasteiger partial charge >= 0.3 is 0 Å². The molecule has 5 heteroatoms. The summed E-state index contributed by atoms with van der Waals surface area (Å²) in [6.45, 7) is 4.14. The topological polar surface area (TPSA) is 56.3 Å². The number of hydrogen-bond acceptors (Lipinski definition) is 5. The molecule has 0 radical (unpaired) electrons. The van der Waals surface area contributed by atoms with Gasteiger partial charge in [-0.05, 0) is 31.2 Å². The van der Waals surface area contributed by atoms with E-state index in [0.29, 0.717) is 6.61 Å². The van der Waals surface area contributed by atoms with Gasteiger partial charge in [0.2, 0.25) is 0 Å². The van der Waals surface area contributed by atoms with Crippen LogP contribution in [0.25, 0.3) is 11.3 Å². The highest BCUT2D eigenvalue weighted by Crippen LogP contribution is 2.20. The van der Waals surface area contributed by atoms with Crippen LogP contribution in [-0.4, -0.2) is 36.8 Å². The van der Waals surface area contributed by atoms with Gasteiger partial charge in [-0.1, -0.05) is 0 Å². The lowest BCUT2D eigenvalue weighted by atomic mass is 10.1. The van der Waals surface area contributed by atoms with Crippen LogP contribution in [0.4, 0.5) is 5.82 Å². The lowest BCUT2D eigenvalue weighted by Gasteiger charge is -2.07. The summed E-state index contributed by atoms with van der Waals surface area (Å²) >= 11 is 0. The van der Waals surface area contributed by atoms with Gasteiger partial charge in [-0.2, -0.15) is 0 Å². The molecule has 0 saturated heterocycles. The Morgan fingerprint density at radius 2 is 1.86 bits per heavy atom. The molecule has 0 bridgehead atoms. The van der Waals surface area contributed by atoms with Crippen LogP contribution in [0.5, 0.6) is 5.75 Å². The summed E-state index contributed by atoms with van der Waals surface area (Å²) in [6, 6.07) is 7.87. The predicted octanol–water partition coefficient (Wildman–Crippen LogP) is 2.99. The maximum atomic E-state index is 5.65. The molecular weight excluding hydrogens is 266 g/mol. The number of rotatable bonds is 8. The molecule has 0 aliphatic rings. The Morgan fingerprint density at radius 3 is 2.48 bits per heavy atom. The van der Waals surface area contributed by atoms with E-state index in [1.807, 2.05) is 38.2 Å². The summed E-state index contributed by atoms with van der Waals surface area (Å²) in [5.74, 6) is 1.61. The van der Waals surface area contributed by atoms with Crippen LogP contribution in [0, 0.1) is 0 Å². The number of ether oxygens (including phenoxy) is 2. The summed E-state index contributed by atoms with van der Waals surface area (Å²) in [5, 5.41) is 2.95. The molecule has 1 heterocycles. The van der Waals surface area contributed by atoms with Crippen LogP contribution in [0.15, 0.2) is 36.7 Å². The Kier molecular flexibility index (Phi) is 5.97. The standard InChI is InChI=1S/C16H21N3O2/c1-3-20-9-4-10-21-14-7-5-13(6-8-14)15-11-19-16(17-2)12-18-15/h5-8,11-12H,3-4,9-10H2,1-2H3,(H,17,19). The highest BCUT2D eigenvalue weighted by Gasteiger charge is 2.01. The summed E-state index contributed by atoms with van der Waals surface area (Å²) in [7, 11) is 1.82. The van der Waals surface area contributed by atoms with Gasteiger partial charge in [-0.15, -0.1) is 0 Å². The van der Waals surface area contributed by atoms with Crippen molar-refractivity contribution in [2.24, 2.45) is 0 Å². The molecule has 1 aromatic heterocycles. The van der Waals surface area contributed by atoms with Crippen LogP contribution in [0.3, 0.4) is 0 Å². The van der Waals surface area contributed by atoms with Crippen LogP contribution in [0.1, 0.15) is 13.3 Å². The van der Waals surface area contributed by atoms with E-state index in [1.54, 1.807) is 12.4 Å². The molecule has 2 rings (SSSR count). The van der Waals surface area contributed by atoms with Crippen molar-refractivity contribution in [3.05, 3.63) is 36.7 Å². The largest absolute Gasteiger partial charge is 0.494 e. The second kappa shape index (κ2) is 8.21. The van der Waals surface area contributed by atoms with Gasteiger partial charge in [0.05, 0.1) is 24.7 Å². The Balaban J connectivity index is 1.88. The van der Waals surface area contributed by atoms with Crippen molar-refractivity contribution in [3.63, 3.8) is 0 Å². The monoisotopic (exact) mass is 287 g/mol. The second-order valence-electron chi connectivity index (χ2n) is 4.46. The molecule has 0 fully saturated rings. The van der Waals surface area contributed by atoms with Crippen molar-refractivity contribution in [1.82, 2.24) is 9.97 Å². The number of nitrogens with one attached hydrogen (secondary N) is 1. The third-order valence-corrected chi connectivity index (χ3v) is 2.96. The average Bonchev–Trinajstić information content (AvgIpc) is 2.55. The number of anilines is 1. The molecule has 5 nitrogen and oxygen atoms in total. The van der Waals surface area contributed by atoms with E-state index in [1.165, 1.54) is 0 Å². The van der Waals surface area contributed by atoms with Crippen LogP contribution in [-0.2, 0) is 4.74 Å². The fourth-order valence-electron chi connectivity index (χ4n) is 1.82. The molecule has 0 saturated carbocycles. The van der Waals surface area contributed by atoms with E-state index in [2.05, 4.69) is 15.3 Å². The molecule has 0 amide bonds. The Hall–Kier alpha value is -2.14. The highest BCUT2D eigenvalue weighted by molar-refractivity contribution is 5.59. The lowest BCUT2D eigenvalue weighted by molar-refractivity contribution is 0.131. The molecule has 0 aliphatic carbocycles. The van der Waals surface area contributed by atoms with Crippen LogP contribution in [0.2, 0.25) is 0 Å². The SMILES string of the molecule is CCOCCCOc1ccc(-c2cnc(NC)cn2)cc1. The Labute approximate surface area is 125 Å².